The van der Waals surface area contributed by atoms with Gasteiger partial charge in [-0.3, -0.25) is 4.79 Å². The van der Waals surface area contributed by atoms with Gasteiger partial charge in [-0.05, 0) is 49.9 Å². The maximum Gasteiger partial charge on any atom is 0.251 e. The van der Waals surface area contributed by atoms with Crippen LogP contribution in [0, 0.1) is 12.8 Å². The average Bonchev–Trinajstić information content (AvgIpc) is 2.77. The van der Waals surface area contributed by atoms with Crippen LogP contribution in [0.1, 0.15) is 28.9 Å². The van der Waals surface area contributed by atoms with E-state index in [1.807, 2.05) is 49.4 Å². The molecule has 0 saturated carbocycles. The van der Waals surface area contributed by atoms with Gasteiger partial charge in [-0.25, -0.2) is 4.98 Å². The highest BCUT2D eigenvalue weighted by Gasteiger charge is 2.23. The Labute approximate surface area is 171 Å². The van der Waals surface area contributed by atoms with Crippen LogP contribution < -0.4 is 15.0 Å². The summed E-state index contributed by atoms with van der Waals surface area (Å²) in [7, 11) is 1.69. The number of hydrogen-bond acceptors (Lipinski definition) is 4. The summed E-state index contributed by atoms with van der Waals surface area (Å²) in [6.45, 7) is 4.65. The predicted octanol–water partition coefficient (Wildman–Crippen LogP) is 4.20. The number of pyridine rings is 1. The second kappa shape index (κ2) is 8.52. The fraction of sp³-hybridized carbons (Fsp3) is 0.333. The van der Waals surface area contributed by atoms with Crippen molar-refractivity contribution in [2.24, 2.45) is 5.92 Å². The molecule has 1 amide bonds. The Morgan fingerprint density at radius 1 is 1.21 bits per heavy atom. The number of aryl methyl sites for hydroxylation is 1. The van der Waals surface area contributed by atoms with Crippen LogP contribution in [-0.2, 0) is 0 Å². The van der Waals surface area contributed by atoms with Gasteiger partial charge in [0.15, 0.2) is 0 Å². The molecule has 0 spiro atoms. The predicted molar refractivity (Wildman–Crippen MR) is 117 cm³/mol. The highest BCUT2D eigenvalue weighted by atomic mass is 16.5. The molecule has 29 heavy (non-hydrogen) atoms. The molecule has 3 aromatic rings. The van der Waals surface area contributed by atoms with Crippen LogP contribution in [0.2, 0.25) is 0 Å². The molecular weight excluding hydrogens is 362 g/mol. The maximum absolute atomic E-state index is 12.4. The van der Waals surface area contributed by atoms with Crippen molar-refractivity contribution in [2.75, 3.05) is 31.6 Å². The standard InChI is InChI=1S/C24H27N3O2/c1-17-14-21(20-11-6-12-22(29-2)23(20)26-17)27-13-7-8-18(16-27)15-25-24(28)19-9-4-3-5-10-19/h3-6,9-12,14,18H,7-8,13,15-16H2,1-2H3,(H,25,28). The van der Waals surface area contributed by atoms with Gasteiger partial charge in [-0.2, -0.15) is 0 Å². The lowest BCUT2D eigenvalue weighted by atomic mass is 9.96. The fourth-order valence-corrected chi connectivity index (χ4v) is 4.13. The molecule has 0 radical (unpaired) electrons. The monoisotopic (exact) mass is 389 g/mol. The number of methoxy groups -OCH3 is 1. The summed E-state index contributed by atoms with van der Waals surface area (Å²) in [6.07, 6.45) is 2.23. The Bertz CT molecular complexity index is 1000. The van der Waals surface area contributed by atoms with Gasteiger partial charge in [0.2, 0.25) is 0 Å². The summed E-state index contributed by atoms with van der Waals surface area (Å²) in [5, 5.41) is 4.22. The number of nitrogens with zero attached hydrogens (tertiary/aromatic N) is 2. The number of carbonyl (C=O) groups excluding carboxylic acids is 1. The van der Waals surface area contributed by atoms with E-state index in [1.165, 1.54) is 5.69 Å². The van der Waals surface area contributed by atoms with Crippen molar-refractivity contribution < 1.29 is 9.53 Å². The van der Waals surface area contributed by atoms with E-state index in [9.17, 15) is 4.79 Å². The number of anilines is 1. The fourth-order valence-electron chi connectivity index (χ4n) is 4.13. The molecule has 1 aliphatic heterocycles. The number of hydrogen-bond donors (Lipinski definition) is 1. The third kappa shape index (κ3) is 4.19. The number of nitrogens with one attached hydrogen (secondary N) is 1. The van der Waals surface area contributed by atoms with Crippen molar-refractivity contribution in [3.63, 3.8) is 0 Å². The Morgan fingerprint density at radius 2 is 2.03 bits per heavy atom. The molecule has 4 rings (SSSR count). The number of aromatic nitrogens is 1. The van der Waals surface area contributed by atoms with Gasteiger partial charge in [0.05, 0.1) is 7.11 Å². The molecule has 2 heterocycles. The van der Waals surface area contributed by atoms with Gasteiger partial charge in [0.25, 0.3) is 5.91 Å². The summed E-state index contributed by atoms with van der Waals surface area (Å²) in [5.41, 5.74) is 3.80. The van der Waals surface area contributed by atoms with Gasteiger partial charge in [0, 0.05) is 42.0 Å². The van der Waals surface area contributed by atoms with E-state index in [-0.39, 0.29) is 5.91 Å². The summed E-state index contributed by atoms with van der Waals surface area (Å²) in [5.74, 6) is 1.22. The van der Waals surface area contributed by atoms with Crippen molar-refractivity contribution in [3.05, 3.63) is 65.9 Å². The zero-order chi connectivity index (χ0) is 20.2. The molecule has 1 fully saturated rings. The SMILES string of the molecule is COc1cccc2c(N3CCCC(CNC(=O)c4ccccc4)C3)cc(C)nc12. The first-order valence-corrected chi connectivity index (χ1v) is 10.2. The normalized spacial score (nSPS) is 16.6. The Balaban J connectivity index is 1.51. The first-order chi connectivity index (χ1) is 14.2. The number of fused-ring (bicyclic) bond motifs is 1. The summed E-state index contributed by atoms with van der Waals surface area (Å²) < 4.78 is 5.52. The molecule has 1 aliphatic rings. The largest absolute Gasteiger partial charge is 0.494 e. The number of rotatable bonds is 5. The Hall–Kier alpha value is -3.08. The number of amides is 1. The molecule has 1 atom stereocenters. The highest BCUT2D eigenvalue weighted by Crippen LogP contribution is 2.34. The van der Waals surface area contributed by atoms with E-state index in [4.69, 9.17) is 9.72 Å². The molecule has 5 nitrogen and oxygen atoms in total. The van der Waals surface area contributed by atoms with Crippen LogP contribution in [0.4, 0.5) is 5.69 Å². The summed E-state index contributed by atoms with van der Waals surface area (Å²) in [6, 6.07) is 17.6. The molecule has 2 aromatic carbocycles. The van der Waals surface area contributed by atoms with Crippen LogP contribution in [0.5, 0.6) is 5.75 Å². The van der Waals surface area contributed by atoms with Crippen molar-refractivity contribution >= 4 is 22.5 Å². The van der Waals surface area contributed by atoms with Crippen LogP contribution in [0.25, 0.3) is 10.9 Å². The third-order valence-corrected chi connectivity index (χ3v) is 5.58. The van der Waals surface area contributed by atoms with Crippen LogP contribution in [0.15, 0.2) is 54.6 Å². The van der Waals surface area contributed by atoms with Crippen LogP contribution in [0.3, 0.4) is 0 Å². The van der Waals surface area contributed by atoms with E-state index in [1.54, 1.807) is 7.11 Å². The number of carbonyl (C=O) groups is 1. The molecule has 0 bridgehead atoms. The van der Waals surface area contributed by atoms with E-state index in [2.05, 4.69) is 22.3 Å². The molecule has 1 N–H and O–H groups in total. The van der Waals surface area contributed by atoms with Crippen molar-refractivity contribution in [1.82, 2.24) is 10.3 Å². The average molecular weight is 389 g/mol. The summed E-state index contributed by atoms with van der Waals surface area (Å²) >= 11 is 0. The zero-order valence-corrected chi connectivity index (χ0v) is 17.0. The van der Waals surface area contributed by atoms with Gasteiger partial charge < -0.3 is 15.0 Å². The van der Waals surface area contributed by atoms with E-state index < -0.39 is 0 Å². The number of para-hydroxylation sites is 1. The first kappa shape index (κ1) is 19.2. The van der Waals surface area contributed by atoms with E-state index >= 15 is 0 Å². The number of benzene rings is 2. The quantitative estimate of drug-likeness (QED) is 0.711. The second-order valence-corrected chi connectivity index (χ2v) is 7.67. The van der Waals surface area contributed by atoms with Gasteiger partial charge in [-0.1, -0.05) is 30.3 Å². The second-order valence-electron chi connectivity index (χ2n) is 7.67. The lowest BCUT2D eigenvalue weighted by molar-refractivity contribution is 0.0945. The lowest BCUT2D eigenvalue weighted by Gasteiger charge is -2.35. The Morgan fingerprint density at radius 3 is 2.83 bits per heavy atom. The summed E-state index contributed by atoms with van der Waals surface area (Å²) in [4.78, 5) is 19.5. The molecule has 1 aromatic heterocycles. The maximum atomic E-state index is 12.4. The van der Waals surface area contributed by atoms with Gasteiger partial charge >= 0.3 is 0 Å². The van der Waals surface area contributed by atoms with Crippen LogP contribution >= 0.6 is 0 Å². The number of piperidine rings is 1. The van der Waals surface area contributed by atoms with Crippen molar-refractivity contribution in [1.29, 1.82) is 0 Å². The minimum Gasteiger partial charge on any atom is -0.494 e. The number of ether oxygens (including phenoxy) is 1. The smallest absolute Gasteiger partial charge is 0.251 e. The van der Waals surface area contributed by atoms with Crippen LogP contribution in [-0.4, -0.2) is 37.6 Å². The zero-order valence-electron chi connectivity index (χ0n) is 17.0. The topological polar surface area (TPSA) is 54.5 Å². The lowest BCUT2D eigenvalue weighted by Crippen LogP contribution is -2.41. The van der Waals surface area contributed by atoms with E-state index in [0.29, 0.717) is 18.0 Å². The molecule has 0 aliphatic carbocycles. The Kier molecular flexibility index (Phi) is 5.65. The molecule has 5 heteroatoms. The van der Waals surface area contributed by atoms with E-state index in [0.717, 1.165) is 48.3 Å². The minimum atomic E-state index is -0.00216. The van der Waals surface area contributed by atoms with Crippen molar-refractivity contribution in [3.8, 4) is 5.75 Å². The van der Waals surface area contributed by atoms with Gasteiger partial charge in [0.1, 0.15) is 11.3 Å². The third-order valence-electron chi connectivity index (χ3n) is 5.58. The van der Waals surface area contributed by atoms with Gasteiger partial charge in [-0.15, -0.1) is 0 Å². The van der Waals surface area contributed by atoms with Crippen molar-refractivity contribution in [2.45, 2.75) is 19.8 Å². The minimum absolute atomic E-state index is 0.00216. The molecular formula is C24H27N3O2. The molecule has 1 unspecified atom stereocenters. The first-order valence-electron chi connectivity index (χ1n) is 10.2. The molecule has 150 valence electrons. The highest BCUT2D eigenvalue weighted by molar-refractivity contribution is 5.96. The molecule has 1 saturated heterocycles.